The number of hydrogen-bond donors (Lipinski definition) is 1. The van der Waals surface area contributed by atoms with E-state index in [4.69, 9.17) is 0 Å². The average Bonchev–Trinajstić information content (AvgIpc) is 2.72. The fourth-order valence-electron chi connectivity index (χ4n) is 4.99. The Morgan fingerprint density at radius 2 is 1.52 bits per heavy atom. The number of carbonyl (C=O) groups excluding carboxylic acids is 2. The number of amides is 2. The molecular formula is C18H27NO4. The van der Waals surface area contributed by atoms with Crippen LogP contribution in [0.5, 0.6) is 0 Å². The van der Waals surface area contributed by atoms with Gasteiger partial charge in [0.25, 0.3) is 0 Å². The van der Waals surface area contributed by atoms with Crippen molar-refractivity contribution in [1.82, 2.24) is 4.90 Å². The van der Waals surface area contributed by atoms with E-state index in [9.17, 15) is 19.5 Å². The summed E-state index contributed by atoms with van der Waals surface area (Å²) in [6.07, 6.45) is 9.96. The second-order valence-electron chi connectivity index (χ2n) is 7.93. The van der Waals surface area contributed by atoms with Crippen LogP contribution >= 0.6 is 0 Å². The summed E-state index contributed by atoms with van der Waals surface area (Å²) in [4.78, 5) is 38.2. The second-order valence-corrected chi connectivity index (χ2v) is 7.93. The Morgan fingerprint density at radius 3 is 2.09 bits per heavy atom. The highest BCUT2D eigenvalue weighted by molar-refractivity contribution is 6.06. The number of imide groups is 1. The molecule has 1 aliphatic heterocycles. The van der Waals surface area contributed by atoms with Crippen LogP contribution < -0.4 is 0 Å². The maximum Gasteiger partial charge on any atom is 0.303 e. The highest BCUT2D eigenvalue weighted by Gasteiger charge is 2.53. The third-order valence-corrected chi connectivity index (χ3v) is 6.23. The predicted molar refractivity (Wildman–Crippen MR) is 84.6 cm³/mol. The number of hydrogen-bond acceptors (Lipinski definition) is 3. The molecule has 3 aliphatic rings. The summed E-state index contributed by atoms with van der Waals surface area (Å²) in [5, 5.41) is 9.29. The van der Waals surface area contributed by atoms with Gasteiger partial charge in [0.05, 0.1) is 11.8 Å². The topological polar surface area (TPSA) is 74.7 Å². The van der Waals surface area contributed by atoms with Crippen LogP contribution in [0.1, 0.15) is 77.0 Å². The summed E-state index contributed by atoms with van der Waals surface area (Å²) in [6.45, 7) is 0.318. The van der Waals surface area contributed by atoms with Crippen LogP contribution in [0.15, 0.2) is 0 Å². The fraction of sp³-hybridized carbons (Fsp3) is 0.833. The lowest BCUT2D eigenvalue weighted by molar-refractivity contribution is -0.148. The minimum absolute atomic E-state index is 0.0162. The maximum atomic E-state index is 13.0. The molecule has 0 bridgehead atoms. The Bertz CT molecular complexity index is 501. The molecular weight excluding hydrogens is 294 g/mol. The largest absolute Gasteiger partial charge is 0.481 e. The van der Waals surface area contributed by atoms with Crippen molar-refractivity contribution in [2.45, 2.75) is 77.0 Å². The SMILES string of the molecule is O=C(O)CC1(CN2C(=O)CC3(CCCCC3)C2=O)CCCCC1. The number of carboxylic acid groups (broad SMARTS) is 1. The van der Waals surface area contributed by atoms with Gasteiger partial charge in [-0.25, -0.2) is 0 Å². The van der Waals surface area contributed by atoms with Crippen molar-refractivity contribution in [3.05, 3.63) is 0 Å². The molecule has 2 aliphatic carbocycles. The van der Waals surface area contributed by atoms with E-state index in [-0.39, 0.29) is 18.2 Å². The first-order valence-corrected chi connectivity index (χ1v) is 9.03. The molecule has 3 rings (SSSR count). The highest BCUT2D eigenvalue weighted by atomic mass is 16.4. The molecule has 5 heteroatoms. The molecule has 3 fully saturated rings. The third-order valence-electron chi connectivity index (χ3n) is 6.23. The lowest BCUT2D eigenvalue weighted by Gasteiger charge is -2.39. The van der Waals surface area contributed by atoms with Gasteiger partial charge >= 0.3 is 5.97 Å². The normalized spacial score (nSPS) is 26.7. The summed E-state index contributed by atoms with van der Waals surface area (Å²) >= 11 is 0. The molecule has 2 amide bonds. The predicted octanol–water partition coefficient (Wildman–Crippen LogP) is 3.12. The summed E-state index contributed by atoms with van der Waals surface area (Å²) in [5.74, 6) is -0.914. The van der Waals surface area contributed by atoms with Crippen molar-refractivity contribution in [1.29, 1.82) is 0 Å². The molecule has 0 aromatic heterocycles. The van der Waals surface area contributed by atoms with Gasteiger partial charge in [-0.05, 0) is 31.1 Å². The summed E-state index contributed by atoms with van der Waals surface area (Å²) in [5.41, 5.74) is -0.871. The molecule has 5 nitrogen and oxygen atoms in total. The Kier molecular flexibility index (Phi) is 4.47. The average molecular weight is 321 g/mol. The van der Waals surface area contributed by atoms with Crippen LogP contribution in [0.3, 0.4) is 0 Å². The number of aliphatic carboxylic acids is 1. The van der Waals surface area contributed by atoms with Crippen LogP contribution in [0, 0.1) is 10.8 Å². The number of carboxylic acids is 1. The van der Waals surface area contributed by atoms with Gasteiger partial charge in [-0.3, -0.25) is 19.3 Å². The first-order chi connectivity index (χ1) is 11.0. The summed E-state index contributed by atoms with van der Waals surface area (Å²) < 4.78 is 0. The van der Waals surface area contributed by atoms with Crippen molar-refractivity contribution in [2.75, 3.05) is 6.54 Å². The molecule has 0 radical (unpaired) electrons. The van der Waals surface area contributed by atoms with E-state index in [2.05, 4.69) is 0 Å². The van der Waals surface area contributed by atoms with Gasteiger partial charge in [-0.1, -0.05) is 38.5 Å². The third kappa shape index (κ3) is 3.15. The van der Waals surface area contributed by atoms with Crippen molar-refractivity contribution < 1.29 is 19.5 Å². The Labute approximate surface area is 137 Å². The molecule has 128 valence electrons. The lowest BCUT2D eigenvalue weighted by Crippen LogP contribution is -2.45. The van der Waals surface area contributed by atoms with Crippen LogP contribution in [-0.4, -0.2) is 34.3 Å². The van der Waals surface area contributed by atoms with E-state index < -0.39 is 16.8 Å². The van der Waals surface area contributed by atoms with Gasteiger partial charge in [0.2, 0.25) is 11.8 Å². The molecule has 1 saturated heterocycles. The van der Waals surface area contributed by atoms with Crippen LogP contribution in [0.25, 0.3) is 0 Å². The summed E-state index contributed by atoms with van der Waals surface area (Å²) in [7, 11) is 0. The molecule has 1 heterocycles. The Balaban J connectivity index is 1.78. The quantitative estimate of drug-likeness (QED) is 0.807. The van der Waals surface area contributed by atoms with E-state index in [0.717, 1.165) is 64.2 Å². The number of rotatable bonds is 4. The van der Waals surface area contributed by atoms with E-state index in [1.54, 1.807) is 0 Å². The van der Waals surface area contributed by atoms with Gasteiger partial charge in [-0.2, -0.15) is 0 Å². The molecule has 2 saturated carbocycles. The highest BCUT2D eigenvalue weighted by Crippen LogP contribution is 2.48. The van der Waals surface area contributed by atoms with Crippen LogP contribution in [-0.2, 0) is 14.4 Å². The molecule has 1 N–H and O–H groups in total. The van der Waals surface area contributed by atoms with E-state index in [1.165, 1.54) is 4.90 Å². The number of carbonyl (C=O) groups is 3. The van der Waals surface area contributed by atoms with Crippen molar-refractivity contribution >= 4 is 17.8 Å². The van der Waals surface area contributed by atoms with Crippen molar-refractivity contribution in [2.24, 2.45) is 10.8 Å². The van der Waals surface area contributed by atoms with Gasteiger partial charge < -0.3 is 5.11 Å². The van der Waals surface area contributed by atoms with Crippen molar-refractivity contribution in [3.8, 4) is 0 Å². The van der Waals surface area contributed by atoms with Gasteiger partial charge in [0, 0.05) is 13.0 Å². The monoisotopic (exact) mass is 321 g/mol. The second kappa shape index (κ2) is 6.25. The Morgan fingerprint density at radius 1 is 0.957 bits per heavy atom. The van der Waals surface area contributed by atoms with E-state index in [1.807, 2.05) is 0 Å². The first-order valence-electron chi connectivity index (χ1n) is 9.03. The smallest absolute Gasteiger partial charge is 0.303 e. The zero-order valence-electron chi connectivity index (χ0n) is 13.8. The molecule has 23 heavy (non-hydrogen) atoms. The number of nitrogens with zero attached hydrogens (tertiary/aromatic N) is 1. The van der Waals surface area contributed by atoms with E-state index in [0.29, 0.717) is 13.0 Å². The fourth-order valence-corrected chi connectivity index (χ4v) is 4.99. The molecule has 0 unspecified atom stereocenters. The zero-order chi connectivity index (χ0) is 16.5. The van der Waals surface area contributed by atoms with Gasteiger partial charge in [0.15, 0.2) is 0 Å². The standard InChI is InChI=1S/C18H27NO4/c20-14-11-18(9-5-2-6-10-18)16(23)19(14)13-17(12-15(21)22)7-3-1-4-8-17/h1-13H2,(H,21,22). The Hall–Kier alpha value is -1.39. The van der Waals surface area contributed by atoms with Crippen molar-refractivity contribution in [3.63, 3.8) is 0 Å². The molecule has 0 aromatic carbocycles. The van der Waals surface area contributed by atoms with E-state index >= 15 is 0 Å². The summed E-state index contributed by atoms with van der Waals surface area (Å²) in [6, 6.07) is 0. The minimum atomic E-state index is -0.821. The minimum Gasteiger partial charge on any atom is -0.481 e. The van der Waals surface area contributed by atoms with Crippen LogP contribution in [0.2, 0.25) is 0 Å². The molecule has 0 atom stereocenters. The van der Waals surface area contributed by atoms with Crippen LogP contribution in [0.4, 0.5) is 0 Å². The van der Waals surface area contributed by atoms with Gasteiger partial charge in [0.1, 0.15) is 0 Å². The number of likely N-dealkylation sites (tertiary alicyclic amines) is 1. The zero-order valence-corrected chi connectivity index (χ0v) is 13.8. The lowest BCUT2D eigenvalue weighted by atomic mass is 9.71. The van der Waals surface area contributed by atoms with Gasteiger partial charge in [-0.15, -0.1) is 0 Å². The maximum absolute atomic E-state index is 13.0. The molecule has 0 aromatic rings. The first kappa shape index (κ1) is 16.5. The molecule has 1 spiro atoms.